The van der Waals surface area contributed by atoms with Gasteiger partial charge in [-0.15, -0.1) is 0 Å². The van der Waals surface area contributed by atoms with Crippen LogP contribution in [0.1, 0.15) is 21.5 Å². The van der Waals surface area contributed by atoms with Crippen molar-refractivity contribution in [1.82, 2.24) is 24.4 Å². The van der Waals surface area contributed by atoms with Crippen molar-refractivity contribution in [1.29, 1.82) is 5.26 Å². The van der Waals surface area contributed by atoms with E-state index in [9.17, 15) is 19.2 Å². The molecule has 1 aliphatic heterocycles. The number of H-pyrrole nitrogens is 1. The molecule has 0 bridgehead atoms. The SMILES string of the molecule is CN1CCN(Cc2cc(C#N)ccc2F)c2nc(-n3c(=O)[nH]c4ncccc43)ccc2C1=O. The van der Waals surface area contributed by atoms with Crippen LogP contribution in [0.3, 0.4) is 0 Å². The number of pyridine rings is 2. The van der Waals surface area contributed by atoms with Gasteiger partial charge in [-0.1, -0.05) is 0 Å². The average Bonchev–Trinajstić information content (AvgIpc) is 3.11. The fraction of sp³-hybridized carbons (Fsp3) is 0.174. The van der Waals surface area contributed by atoms with Crippen LogP contribution in [0.15, 0.2) is 53.5 Å². The lowest BCUT2D eigenvalue weighted by Crippen LogP contribution is -2.31. The smallest absolute Gasteiger partial charge is 0.333 e. The third-order valence-corrected chi connectivity index (χ3v) is 5.66. The number of rotatable bonds is 3. The molecule has 0 radical (unpaired) electrons. The monoisotopic (exact) mass is 443 g/mol. The molecular formula is C23H18FN7O2. The third kappa shape index (κ3) is 3.49. The Bertz CT molecular complexity index is 1500. The molecule has 0 unspecified atom stereocenters. The lowest BCUT2D eigenvalue weighted by molar-refractivity contribution is 0.0804. The van der Waals surface area contributed by atoms with Gasteiger partial charge < -0.3 is 9.80 Å². The molecule has 0 saturated heterocycles. The maximum atomic E-state index is 14.5. The summed E-state index contributed by atoms with van der Waals surface area (Å²) in [6, 6.07) is 12.9. The standard InChI is InChI=1S/C23H18FN7O2/c1-29-9-10-30(13-15-11-14(12-25)4-6-17(15)24)21-16(22(29)32)5-7-19(27-21)31-18-3-2-8-26-20(18)28-23(31)33/h2-8,11H,9-10,13H2,1H3,(H,26,28,33). The number of nitrogens with one attached hydrogen (secondary N) is 1. The number of imidazole rings is 1. The van der Waals surface area contributed by atoms with E-state index in [4.69, 9.17) is 0 Å². The second-order valence-electron chi connectivity index (χ2n) is 7.74. The van der Waals surface area contributed by atoms with Crippen LogP contribution in [0.25, 0.3) is 17.0 Å². The van der Waals surface area contributed by atoms with E-state index >= 15 is 0 Å². The van der Waals surface area contributed by atoms with Crippen molar-refractivity contribution in [2.24, 2.45) is 0 Å². The largest absolute Gasteiger partial charge is 0.350 e. The number of nitrogens with zero attached hydrogens (tertiary/aromatic N) is 6. The van der Waals surface area contributed by atoms with E-state index in [1.807, 2.05) is 6.07 Å². The van der Waals surface area contributed by atoms with Gasteiger partial charge in [-0.25, -0.2) is 23.7 Å². The summed E-state index contributed by atoms with van der Waals surface area (Å²) in [7, 11) is 1.69. The normalized spacial score (nSPS) is 13.7. The quantitative estimate of drug-likeness (QED) is 0.520. The van der Waals surface area contributed by atoms with Crippen molar-refractivity contribution in [2.45, 2.75) is 6.54 Å². The molecular weight excluding hydrogens is 425 g/mol. The minimum absolute atomic E-state index is 0.107. The number of halogens is 1. The van der Waals surface area contributed by atoms with Crippen LogP contribution in [0.2, 0.25) is 0 Å². The predicted molar refractivity (Wildman–Crippen MR) is 119 cm³/mol. The molecule has 1 N–H and O–H groups in total. The van der Waals surface area contributed by atoms with E-state index < -0.39 is 11.5 Å². The number of amides is 1. The average molecular weight is 443 g/mol. The summed E-state index contributed by atoms with van der Waals surface area (Å²) in [5.41, 5.74) is 1.56. The number of fused-ring (bicyclic) bond motifs is 2. The van der Waals surface area contributed by atoms with Gasteiger partial charge in [0.15, 0.2) is 5.65 Å². The Morgan fingerprint density at radius 3 is 2.85 bits per heavy atom. The molecule has 33 heavy (non-hydrogen) atoms. The van der Waals surface area contributed by atoms with Crippen molar-refractivity contribution >= 4 is 22.9 Å². The van der Waals surface area contributed by atoms with Crippen LogP contribution >= 0.6 is 0 Å². The van der Waals surface area contributed by atoms with E-state index in [1.54, 1.807) is 47.3 Å². The number of hydrogen-bond donors (Lipinski definition) is 1. The Morgan fingerprint density at radius 1 is 1.18 bits per heavy atom. The van der Waals surface area contributed by atoms with Crippen molar-refractivity contribution in [2.75, 3.05) is 25.0 Å². The molecule has 0 aliphatic carbocycles. The highest BCUT2D eigenvalue weighted by molar-refractivity contribution is 5.99. The zero-order chi connectivity index (χ0) is 23.1. The second-order valence-corrected chi connectivity index (χ2v) is 7.74. The van der Waals surface area contributed by atoms with Gasteiger partial charge in [0.05, 0.1) is 22.7 Å². The summed E-state index contributed by atoms with van der Waals surface area (Å²) in [6.07, 6.45) is 1.58. The van der Waals surface area contributed by atoms with Crippen LogP contribution in [0.5, 0.6) is 0 Å². The van der Waals surface area contributed by atoms with Crippen molar-refractivity contribution in [3.8, 4) is 11.9 Å². The number of carbonyl (C=O) groups is 1. The van der Waals surface area contributed by atoms with Gasteiger partial charge in [0.2, 0.25) is 0 Å². The number of aromatic nitrogens is 4. The van der Waals surface area contributed by atoms with Crippen molar-refractivity contribution in [3.63, 3.8) is 0 Å². The summed E-state index contributed by atoms with van der Waals surface area (Å²) in [5, 5.41) is 9.20. The zero-order valence-corrected chi connectivity index (χ0v) is 17.6. The van der Waals surface area contributed by atoms with Crippen molar-refractivity contribution < 1.29 is 9.18 Å². The van der Waals surface area contributed by atoms with Gasteiger partial charge in [-0.2, -0.15) is 5.26 Å². The number of hydrogen-bond acceptors (Lipinski definition) is 6. The summed E-state index contributed by atoms with van der Waals surface area (Å²) >= 11 is 0. The fourth-order valence-electron chi connectivity index (χ4n) is 3.95. The molecule has 10 heteroatoms. The number of benzene rings is 1. The first-order valence-electron chi connectivity index (χ1n) is 10.2. The first-order chi connectivity index (χ1) is 16.0. The highest BCUT2D eigenvalue weighted by Gasteiger charge is 2.27. The zero-order valence-electron chi connectivity index (χ0n) is 17.6. The lowest BCUT2D eigenvalue weighted by atomic mass is 10.1. The molecule has 1 aromatic carbocycles. The molecule has 1 amide bonds. The molecule has 9 nitrogen and oxygen atoms in total. The van der Waals surface area contributed by atoms with E-state index in [2.05, 4.69) is 15.0 Å². The number of carbonyl (C=O) groups excluding carboxylic acids is 1. The van der Waals surface area contributed by atoms with Crippen LogP contribution in [-0.4, -0.2) is 50.5 Å². The van der Waals surface area contributed by atoms with Crippen LogP contribution in [0, 0.1) is 17.1 Å². The Hall–Kier alpha value is -4.52. The molecule has 3 aromatic heterocycles. The molecule has 0 fully saturated rings. The van der Waals surface area contributed by atoms with Crippen LogP contribution < -0.4 is 10.6 Å². The molecule has 4 aromatic rings. The number of aromatic amines is 1. The molecule has 1 aliphatic rings. The Labute approximate surface area is 187 Å². The van der Waals surface area contributed by atoms with Gasteiger partial charge >= 0.3 is 5.69 Å². The van der Waals surface area contributed by atoms with Gasteiger partial charge in [0.1, 0.15) is 17.5 Å². The van der Waals surface area contributed by atoms with E-state index in [-0.39, 0.29) is 12.5 Å². The predicted octanol–water partition coefficient (Wildman–Crippen LogP) is 2.21. The molecule has 4 heterocycles. The van der Waals surface area contributed by atoms with Gasteiger partial charge in [-0.05, 0) is 42.5 Å². The summed E-state index contributed by atoms with van der Waals surface area (Å²) in [6.45, 7) is 0.906. The maximum Gasteiger partial charge on any atom is 0.333 e. The number of likely N-dealkylation sites (N-methyl/N-ethyl adjacent to an activating group) is 1. The fourth-order valence-corrected chi connectivity index (χ4v) is 3.95. The number of nitriles is 1. The highest BCUT2D eigenvalue weighted by Crippen LogP contribution is 2.27. The first kappa shape index (κ1) is 20.4. The van der Waals surface area contributed by atoms with E-state index in [0.717, 1.165) is 0 Å². The van der Waals surface area contributed by atoms with Crippen LogP contribution in [0.4, 0.5) is 10.2 Å². The molecule has 0 atom stereocenters. The minimum atomic E-state index is -0.449. The Morgan fingerprint density at radius 2 is 2.03 bits per heavy atom. The minimum Gasteiger partial charge on any atom is -0.350 e. The molecule has 0 spiro atoms. The van der Waals surface area contributed by atoms with Gasteiger partial charge in [0.25, 0.3) is 5.91 Å². The third-order valence-electron chi connectivity index (χ3n) is 5.66. The van der Waals surface area contributed by atoms with E-state index in [1.165, 1.54) is 22.8 Å². The molecule has 5 rings (SSSR count). The van der Waals surface area contributed by atoms with Crippen LogP contribution in [-0.2, 0) is 6.54 Å². The lowest BCUT2D eigenvalue weighted by Gasteiger charge is -2.24. The summed E-state index contributed by atoms with van der Waals surface area (Å²) in [4.78, 5) is 40.5. The van der Waals surface area contributed by atoms with Gasteiger partial charge in [0, 0.05) is 38.4 Å². The molecule has 164 valence electrons. The number of anilines is 1. The first-order valence-corrected chi connectivity index (χ1v) is 10.2. The molecule has 0 saturated carbocycles. The Kier molecular flexibility index (Phi) is 4.86. The second kappa shape index (κ2) is 7.87. The highest BCUT2D eigenvalue weighted by atomic mass is 19.1. The van der Waals surface area contributed by atoms with Gasteiger partial charge in [-0.3, -0.25) is 9.78 Å². The van der Waals surface area contributed by atoms with E-state index in [0.29, 0.717) is 52.6 Å². The maximum absolute atomic E-state index is 14.5. The Balaban J connectivity index is 1.65. The van der Waals surface area contributed by atoms with Crippen molar-refractivity contribution in [3.05, 3.63) is 81.7 Å². The summed E-state index contributed by atoms with van der Waals surface area (Å²) < 4.78 is 15.9. The topological polar surface area (TPSA) is 111 Å². The summed E-state index contributed by atoms with van der Waals surface area (Å²) in [5.74, 6) is -0.0133.